The molecule has 0 spiro atoms. The largest absolute Gasteiger partial charge is 0.313 e. The van der Waals surface area contributed by atoms with E-state index in [1.54, 1.807) is 4.31 Å². The normalized spacial score (nSPS) is 22.2. The summed E-state index contributed by atoms with van der Waals surface area (Å²) in [5, 5.41) is 3.24. The van der Waals surface area contributed by atoms with E-state index in [1.807, 2.05) is 20.8 Å². The Morgan fingerprint density at radius 2 is 2.12 bits per heavy atom. The first-order chi connectivity index (χ1) is 7.45. The monoisotopic (exact) mass is 248 g/mol. The van der Waals surface area contributed by atoms with E-state index >= 15 is 0 Å². The summed E-state index contributed by atoms with van der Waals surface area (Å²) in [5.74, 6) is 0.638. The first kappa shape index (κ1) is 13.9. The molecule has 1 fully saturated rings. The zero-order chi connectivity index (χ0) is 12.2. The summed E-state index contributed by atoms with van der Waals surface area (Å²) in [6.45, 7) is 8.16. The van der Waals surface area contributed by atoms with Crippen molar-refractivity contribution in [3.63, 3.8) is 0 Å². The molecule has 5 heteroatoms. The third-order valence-electron chi connectivity index (χ3n) is 2.89. The average Bonchev–Trinajstić information content (AvgIpc) is 2.65. The second kappa shape index (κ2) is 5.98. The number of hydrogen-bond acceptors (Lipinski definition) is 3. The Labute approximate surface area is 99.5 Å². The van der Waals surface area contributed by atoms with Crippen molar-refractivity contribution >= 4 is 10.0 Å². The second-order valence-corrected chi connectivity index (χ2v) is 6.93. The molecule has 0 aromatic rings. The Morgan fingerprint density at radius 1 is 1.44 bits per heavy atom. The maximum Gasteiger partial charge on any atom is 0.215 e. The molecule has 1 atom stereocenters. The van der Waals surface area contributed by atoms with Crippen LogP contribution in [0.3, 0.4) is 0 Å². The molecule has 4 nitrogen and oxygen atoms in total. The van der Waals surface area contributed by atoms with Crippen LogP contribution in [0.4, 0.5) is 0 Å². The van der Waals surface area contributed by atoms with Crippen LogP contribution in [-0.4, -0.2) is 44.2 Å². The van der Waals surface area contributed by atoms with Crippen LogP contribution in [0.2, 0.25) is 0 Å². The molecule has 1 heterocycles. The van der Waals surface area contributed by atoms with Gasteiger partial charge in [-0.25, -0.2) is 12.7 Å². The van der Waals surface area contributed by atoms with Gasteiger partial charge < -0.3 is 5.32 Å². The molecule has 0 bridgehead atoms. The number of nitrogens with zero attached hydrogens (tertiary/aromatic N) is 1. The van der Waals surface area contributed by atoms with Crippen molar-refractivity contribution in [2.75, 3.05) is 25.4 Å². The zero-order valence-electron chi connectivity index (χ0n) is 10.6. The van der Waals surface area contributed by atoms with E-state index in [1.165, 1.54) is 0 Å². The van der Waals surface area contributed by atoms with Gasteiger partial charge in [0.15, 0.2) is 0 Å². The number of nitrogens with one attached hydrogen (secondary N) is 1. The molecule has 1 saturated heterocycles. The van der Waals surface area contributed by atoms with E-state index in [0.29, 0.717) is 19.0 Å². The molecule has 1 N–H and O–H groups in total. The van der Waals surface area contributed by atoms with Crippen molar-refractivity contribution in [3.8, 4) is 0 Å². The highest BCUT2D eigenvalue weighted by atomic mass is 32.2. The van der Waals surface area contributed by atoms with Crippen LogP contribution in [0.25, 0.3) is 0 Å². The molecule has 0 radical (unpaired) electrons. The highest BCUT2D eigenvalue weighted by Gasteiger charge is 2.27. The van der Waals surface area contributed by atoms with Gasteiger partial charge in [0, 0.05) is 19.1 Å². The van der Waals surface area contributed by atoms with Gasteiger partial charge in [-0.2, -0.15) is 0 Å². The molecule has 0 amide bonds. The van der Waals surface area contributed by atoms with Crippen LogP contribution in [0.1, 0.15) is 33.6 Å². The fourth-order valence-electron chi connectivity index (χ4n) is 2.11. The van der Waals surface area contributed by atoms with Crippen molar-refractivity contribution in [2.24, 2.45) is 5.92 Å². The van der Waals surface area contributed by atoms with Crippen LogP contribution in [0.15, 0.2) is 0 Å². The molecule has 1 unspecified atom stereocenters. The van der Waals surface area contributed by atoms with Crippen molar-refractivity contribution in [1.82, 2.24) is 9.62 Å². The Balaban J connectivity index is 2.58. The first-order valence-corrected chi connectivity index (χ1v) is 7.77. The fraction of sp³-hybridized carbons (Fsp3) is 1.00. The lowest BCUT2D eigenvalue weighted by Gasteiger charge is -2.24. The van der Waals surface area contributed by atoms with Crippen LogP contribution < -0.4 is 5.32 Å². The van der Waals surface area contributed by atoms with Crippen molar-refractivity contribution < 1.29 is 8.42 Å². The molecular weight excluding hydrogens is 224 g/mol. The number of rotatable bonds is 6. The van der Waals surface area contributed by atoms with Crippen molar-refractivity contribution in [2.45, 2.75) is 39.7 Å². The van der Waals surface area contributed by atoms with Crippen molar-refractivity contribution in [1.29, 1.82) is 0 Å². The Bertz CT molecular complexity index is 295. The van der Waals surface area contributed by atoms with Gasteiger partial charge >= 0.3 is 0 Å². The first-order valence-electron chi connectivity index (χ1n) is 6.17. The predicted octanol–water partition coefficient (Wildman–Crippen LogP) is 1.05. The Morgan fingerprint density at radius 3 is 2.56 bits per heavy atom. The standard InChI is InChI=1S/C11H24N2O2S/c1-4-13(8-10(2)3)16(14,15)9-11-6-5-7-12-11/h10-12H,4-9H2,1-3H3. The summed E-state index contributed by atoms with van der Waals surface area (Å²) in [6, 6.07) is 0.159. The van der Waals surface area contributed by atoms with Gasteiger partial charge in [-0.1, -0.05) is 20.8 Å². The third kappa shape index (κ3) is 4.03. The minimum absolute atomic E-state index is 0.159. The summed E-state index contributed by atoms with van der Waals surface area (Å²) >= 11 is 0. The van der Waals surface area contributed by atoms with Crippen LogP contribution >= 0.6 is 0 Å². The predicted molar refractivity (Wildman–Crippen MR) is 66.9 cm³/mol. The highest BCUT2D eigenvalue weighted by Crippen LogP contribution is 2.12. The van der Waals surface area contributed by atoms with E-state index in [9.17, 15) is 8.42 Å². The smallest absolute Gasteiger partial charge is 0.215 e. The summed E-state index contributed by atoms with van der Waals surface area (Å²) < 4.78 is 25.9. The molecule has 96 valence electrons. The Hall–Kier alpha value is -0.130. The lowest BCUT2D eigenvalue weighted by Crippen LogP contribution is -2.41. The molecule has 0 saturated carbocycles. The maximum atomic E-state index is 12.1. The molecule has 1 aliphatic heterocycles. The lowest BCUT2D eigenvalue weighted by molar-refractivity contribution is 0.378. The Kier molecular flexibility index (Phi) is 5.21. The molecule has 0 aromatic carbocycles. The van der Waals surface area contributed by atoms with E-state index in [0.717, 1.165) is 19.4 Å². The summed E-state index contributed by atoms with van der Waals surface area (Å²) in [6.07, 6.45) is 2.08. The van der Waals surface area contributed by atoms with Gasteiger partial charge in [-0.15, -0.1) is 0 Å². The quantitative estimate of drug-likeness (QED) is 0.764. The lowest BCUT2D eigenvalue weighted by atomic mass is 10.2. The van der Waals surface area contributed by atoms with Crippen molar-refractivity contribution in [3.05, 3.63) is 0 Å². The summed E-state index contributed by atoms with van der Waals surface area (Å²) in [7, 11) is -3.08. The fourth-order valence-corrected chi connectivity index (χ4v) is 4.03. The third-order valence-corrected chi connectivity index (χ3v) is 4.91. The maximum absolute atomic E-state index is 12.1. The second-order valence-electron chi connectivity index (χ2n) is 4.92. The van der Waals surface area contributed by atoms with E-state index in [2.05, 4.69) is 5.32 Å². The molecule has 0 aromatic heterocycles. The SMILES string of the molecule is CCN(CC(C)C)S(=O)(=O)CC1CCCN1. The van der Waals surface area contributed by atoms with Gasteiger partial charge in [-0.05, 0) is 25.3 Å². The number of hydrogen-bond donors (Lipinski definition) is 1. The molecule has 16 heavy (non-hydrogen) atoms. The highest BCUT2D eigenvalue weighted by molar-refractivity contribution is 7.89. The van der Waals surface area contributed by atoms with E-state index < -0.39 is 10.0 Å². The van der Waals surface area contributed by atoms with E-state index in [-0.39, 0.29) is 11.8 Å². The average molecular weight is 248 g/mol. The van der Waals surface area contributed by atoms with E-state index in [4.69, 9.17) is 0 Å². The van der Waals surface area contributed by atoms with Gasteiger partial charge in [0.05, 0.1) is 5.75 Å². The topological polar surface area (TPSA) is 49.4 Å². The minimum atomic E-state index is -3.08. The molecule has 1 rings (SSSR count). The minimum Gasteiger partial charge on any atom is -0.313 e. The number of sulfonamides is 1. The van der Waals surface area contributed by atoms with Gasteiger partial charge in [-0.3, -0.25) is 0 Å². The summed E-state index contributed by atoms with van der Waals surface area (Å²) in [4.78, 5) is 0. The van der Waals surface area contributed by atoms with Crippen LogP contribution in [-0.2, 0) is 10.0 Å². The van der Waals surface area contributed by atoms with Gasteiger partial charge in [0.1, 0.15) is 0 Å². The van der Waals surface area contributed by atoms with Crippen LogP contribution in [0, 0.1) is 5.92 Å². The van der Waals surface area contributed by atoms with Gasteiger partial charge in [0.2, 0.25) is 10.0 Å². The van der Waals surface area contributed by atoms with Crippen LogP contribution in [0.5, 0.6) is 0 Å². The molecule has 1 aliphatic rings. The zero-order valence-corrected chi connectivity index (χ0v) is 11.4. The van der Waals surface area contributed by atoms with Gasteiger partial charge in [0.25, 0.3) is 0 Å². The molecular formula is C11H24N2O2S. The summed E-state index contributed by atoms with van der Waals surface area (Å²) in [5.41, 5.74) is 0. The molecule has 0 aliphatic carbocycles.